The first kappa shape index (κ1) is 18.2. The number of aryl methyl sites for hydroxylation is 2. The summed E-state index contributed by atoms with van der Waals surface area (Å²) in [7, 11) is 0. The Balaban J connectivity index is 1.67. The van der Waals surface area contributed by atoms with Crippen LogP contribution in [0.3, 0.4) is 0 Å². The van der Waals surface area contributed by atoms with Crippen LogP contribution in [0.1, 0.15) is 21.5 Å². The standard InChI is InChI=1S/C21H22N4O3/c1-13-5-6-22-20(25-7-9-28-10-8-25)19(13)21(27)23-15-3-4-17-16(12-15)14(2)11-18(26)24-17/h3-6,11-12H,7-10H2,1-2H3,(H,23,27)(H,24,26). The van der Waals surface area contributed by atoms with Crippen molar-refractivity contribution in [1.82, 2.24) is 9.97 Å². The highest BCUT2D eigenvalue weighted by Crippen LogP contribution is 2.25. The number of nitrogens with zero attached hydrogens (tertiary/aromatic N) is 2. The lowest BCUT2D eigenvalue weighted by Crippen LogP contribution is -2.38. The van der Waals surface area contributed by atoms with Crippen molar-refractivity contribution in [3.8, 4) is 0 Å². The lowest BCUT2D eigenvalue weighted by molar-refractivity contribution is 0.102. The van der Waals surface area contributed by atoms with E-state index in [4.69, 9.17) is 4.74 Å². The summed E-state index contributed by atoms with van der Waals surface area (Å²) in [5.41, 5.74) is 3.58. The third kappa shape index (κ3) is 3.48. The molecule has 3 heterocycles. The zero-order chi connectivity index (χ0) is 19.7. The Hall–Kier alpha value is -3.19. The molecular weight excluding hydrogens is 356 g/mol. The number of benzene rings is 1. The number of morpholine rings is 1. The van der Waals surface area contributed by atoms with Crippen LogP contribution in [0, 0.1) is 13.8 Å². The van der Waals surface area contributed by atoms with E-state index in [2.05, 4.69) is 20.2 Å². The van der Waals surface area contributed by atoms with Gasteiger partial charge in [-0.25, -0.2) is 4.98 Å². The van der Waals surface area contributed by atoms with Crippen LogP contribution in [0.15, 0.2) is 41.3 Å². The number of pyridine rings is 2. The van der Waals surface area contributed by atoms with Crippen LogP contribution >= 0.6 is 0 Å². The minimum Gasteiger partial charge on any atom is -0.378 e. The second-order valence-electron chi connectivity index (χ2n) is 6.96. The smallest absolute Gasteiger partial charge is 0.259 e. The summed E-state index contributed by atoms with van der Waals surface area (Å²) in [4.78, 5) is 34.1. The Morgan fingerprint density at radius 2 is 1.93 bits per heavy atom. The number of anilines is 2. The van der Waals surface area contributed by atoms with Crippen molar-refractivity contribution < 1.29 is 9.53 Å². The van der Waals surface area contributed by atoms with Crippen molar-refractivity contribution >= 4 is 28.3 Å². The van der Waals surface area contributed by atoms with Gasteiger partial charge in [0.15, 0.2) is 0 Å². The predicted molar refractivity (Wildman–Crippen MR) is 109 cm³/mol. The Labute approximate surface area is 162 Å². The molecule has 0 radical (unpaired) electrons. The van der Waals surface area contributed by atoms with E-state index in [0.29, 0.717) is 43.4 Å². The number of carbonyl (C=O) groups excluding carboxylic acids is 1. The van der Waals surface area contributed by atoms with Crippen LogP contribution < -0.4 is 15.8 Å². The second-order valence-corrected chi connectivity index (χ2v) is 6.96. The number of aromatic amines is 1. The summed E-state index contributed by atoms with van der Waals surface area (Å²) in [5.74, 6) is 0.482. The van der Waals surface area contributed by atoms with E-state index in [1.54, 1.807) is 24.4 Å². The van der Waals surface area contributed by atoms with Crippen LogP contribution in [-0.2, 0) is 4.74 Å². The molecule has 1 saturated heterocycles. The molecule has 3 aromatic rings. The molecule has 1 fully saturated rings. The van der Waals surface area contributed by atoms with Crippen molar-refractivity contribution in [3.63, 3.8) is 0 Å². The van der Waals surface area contributed by atoms with E-state index in [1.165, 1.54) is 0 Å². The molecule has 7 heteroatoms. The molecule has 1 aromatic carbocycles. The number of ether oxygens (including phenoxy) is 1. The number of fused-ring (bicyclic) bond motifs is 1. The fraction of sp³-hybridized carbons (Fsp3) is 0.286. The molecule has 1 aliphatic heterocycles. The van der Waals surface area contributed by atoms with Gasteiger partial charge in [0.25, 0.3) is 5.91 Å². The number of hydrogen-bond donors (Lipinski definition) is 2. The Bertz CT molecular complexity index is 1100. The zero-order valence-corrected chi connectivity index (χ0v) is 15.9. The normalized spacial score (nSPS) is 14.3. The molecule has 144 valence electrons. The molecule has 2 aromatic heterocycles. The van der Waals surface area contributed by atoms with Crippen molar-refractivity contribution in [2.24, 2.45) is 0 Å². The summed E-state index contributed by atoms with van der Waals surface area (Å²) >= 11 is 0. The number of H-pyrrole nitrogens is 1. The largest absolute Gasteiger partial charge is 0.378 e. The fourth-order valence-electron chi connectivity index (χ4n) is 3.53. The highest BCUT2D eigenvalue weighted by atomic mass is 16.5. The summed E-state index contributed by atoms with van der Waals surface area (Å²) < 4.78 is 5.41. The predicted octanol–water partition coefficient (Wildman–Crippen LogP) is 2.63. The molecule has 7 nitrogen and oxygen atoms in total. The van der Waals surface area contributed by atoms with Crippen molar-refractivity contribution in [2.75, 3.05) is 36.5 Å². The molecule has 0 unspecified atom stereocenters. The Kier molecular flexibility index (Phi) is 4.83. The van der Waals surface area contributed by atoms with E-state index in [0.717, 1.165) is 22.0 Å². The van der Waals surface area contributed by atoms with Gasteiger partial charge in [-0.05, 0) is 49.2 Å². The Morgan fingerprint density at radius 3 is 2.71 bits per heavy atom. The van der Waals surface area contributed by atoms with Gasteiger partial charge in [-0.2, -0.15) is 0 Å². The maximum Gasteiger partial charge on any atom is 0.259 e. The van der Waals surface area contributed by atoms with Gasteiger partial charge in [0, 0.05) is 41.9 Å². The molecule has 0 aliphatic carbocycles. The van der Waals surface area contributed by atoms with Gasteiger partial charge in [0.1, 0.15) is 5.82 Å². The van der Waals surface area contributed by atoms with E-state index in [-0.39, 0.29) is 11.5 Å². The Morgan fingerprint density at radius 1 is 1.14 bits per heavy atom. The van der Waals surface area contributed by atoms with E-state index >= 15 is 0 Å². The SMILES string of the molecule is Cc1ccnc(N2CCOCC2)c1C(=O)Nc1ccc2[nH]c(=O)cc(C)c2c1. The van der Waals surface area contributed by atoms with Crippen molar-refractivity contribution in [3.05, 3.63) is 63.6 Å². The maximum absolute atomic E-state index is 13.1. The first-order valence-electron chi connectivity index (χ1n) is 9.26. The van der Waals surface area contributed by atoms with Crippen LogP contribution in [0.2, 0.25) is 0 Å². The van der Waals surface area contributed by atoms with Gasteiger partial charge in [0.05, 0.1) is 18.8 Å². The van der Waals surface area contributed by atoms with Gasteiger partial charge in [-0.1, -0.05) is 0 Å². The molecule has 4 rings (SSSR count). The maximum atomic E-state index is 13.1. The number of rotatable bonds is 3. The number of amides is 1. The van der Waals surface area contributed by atoms with E-state index in [9.17, 15) is 9.59 Å². The van der Waals surface area contributed by atoms with Gasteiger partial charge in [0.2, 0.25) is 5.56 Å². The highest BCUT2D eigenvalue weighted by Gasteiger charge is 2.22. The fourth-order valence-corrected chi connectivity index (χ4v) is 3.53. The third-order valence-corrected chi connectivity index (χ3v) is 4.98. The van der Waals surface area contributed by atoms with E-state index in [1.807, 2.05) is 26.0 Å². The monoisotopic (exact) mass is 378 g/mol. The molecule has 1 aliphatic rings. The minimum atomic E-state index is -0.200. The number of carbonyl (C=O) groups is 1. The summed E-state index contributed by atoms with van der Waals surface area (Å²) in [6.07, 6.45) is 1.73. The molecule has 0 atom stereocenters. The second kappa shape index (κ2) is 7.44. The molecule has 0 saturated carbocycles. The topological polar surface area (TPSA) is 87.3 Å². The highest BCUT2D eigenvalue weighted by molar-refractivity contribution is 6.09. The van der Waals surface area contributed by atoms with Crippen LogP contribution in [0.5, 0.6) is 0 Å². The average molecular weight is 378 g/mol. The number of nitrogens with one attached hydrogen (secondary N) is 2. The van der Waals surface area contributed by atoms with Gasteiger partial charge < -0.3 is 19.9 Å². The summed E-state index contributed by atoms with van der Waals surface area (Å²) in [6.45, 7) is 6.46. The zero-order valence-electron chi connectivity index (χ0n) is 15.9. The lowest BCUT2D eigenvalue weighted by atomic mass is 10.1. The van der Waals surface area contributed by atoms with E-state index < -0.39 is 0 Å². The first-order valence-corrected chi connectivity index (χ1v) is 9.26. The van der Waals surface area contributed by atoms with Gasteiger partial charge in [-0.3, -0.25) is 9.59 Å². The molecule has 0 bridgehead atoms. The molecular formula is C21H22N4O3. The van der Waals surface area contributed by atoms with Crippen molar-refractivity contribution in [1.29, 1.82) is 0 Å². The molecule has 0 spiro atoms. The number of hydrogen-bond acceptors (Lipinski definition) is 5. The minimum absolute atomic E-state index is 0.136. The molecule has 1 amide bonds. The average Bonchev–Trinajstić information content (AvgIpc) is 2.69. The lowest BCUT2D eigenvalue weighted by Gasteiger charge is -2.29. The van der Waals surface area contributed by atoms with Crippen LogP contribution in [0.4, 0.5) is 11.5 Å². The van der Waals surface area contributed by atoms with Gasteiger partial charge in [-0.15, -0.1) is 0 Å². The summed E-state index contributed by atoms with van der Waals surface area (Å²) in [5, 5.41) is 3.88. The van der Waals surface area contributed by atoms with Crippen LogP contribution in [-0.4, -0.2) is 42.2 Å². The molecule has 2 N–H and O–H groups in total. The quantitative estimate of drug-likeness (QED) is 0.732. The first-order chi connectivity index (χ1) is 13.5. The van der Waals surface area contributed by atoms with Crippen LogP contribution in [0.25, 0.3) is 10.9 Å². The summed E-state index contributed by atoms with van der Waals surface area (Å²) in [6, 6.07) is 8.86. The number of aromatic nitrogens is 2. The van der Waals surface area contributed by atoms with Gasteiger partial charge >= 0.3 is 0 Å². The van der Waals surface area contributed by atoms with Crippen molar-refractivity contribution in [2.45, 2.75) is 13.8 Å². The molecule has 28 heavy (non-hydrogen) atoms. The third-order valence-electron chi connectivity index (χ3n) is 4.98.